The molecule has 1 aliphatic heterocycles. The zero-order valence-electron chi connectivity index (χ0n) is 10.6. The molecule has 3 aromatic rings. The van der Waals surface area contributed by atoms with Crippen LogP contribution in [0.2, 0.25) is 0 Å². The fourth-order valence-corrected chi connectivity index (χ4v) is 3.16. The van der Waals surface area contributed by atoms with E-state index in [4.69, 9.17) is 0 Å². The van der Waals surface area contributed by atoms with Crippen molar-refractivity contribution in [2.45, 2.75) is 6.42 Å². The third-order valence-corrected chi connectivity index (χ3v) is 4.29. The van der Waals surface area contributed by atoms with Crippen LogP contribution in [0.15, 0.2) is 43.0 Å². The van der Waals surface area contributed by atoms with Crippen molar-refractivity contribution >= 4 is 45.0 Å². The number of fused-ring (bicyclic) bond motifs is 2. The van der Waals surface area contributed by atoms with Crippen LogP contribution in [-0.2, 0) is 6.42 Å². The van der Waals surface area contributed by atoms with E-state index >= 15 is 0 Å². The Morgan fingerprint density at radius 1 is 1.15 bits per heavy atom. The number of nitrogens with zero attached hydrogens (tertiary/aromatic N) is 4. The van der Waals surface area contributed by atoms with Crippen molar-refractivity contribution in [3.63, 3.8) is 0 Å². The molecule has 2 aromatic heterocycles. The third kappa shape index (κ3) is 1.84. The van der Waals surface area contributed by atoms with E-state index < -0.39 is 0 Å². The van der Waals surface area contributed by atoms with E-state index in [1.54, 1.807) is 18.7 Å². The standard InChI is InChI=1S/C15H11IN4/c16-11-2-1-10-4-6-20(14(10)7-11)15-12-3-5-17-8-13(12)18-9-19-15/h1-3,5,7-9H,4,6H2. The molecule has 0 fully saturated rings. The van der Waals surface area contributed by atoms with Crippen LogP contribution in [0.3, 0.4) is 0 Å². The van der Waals surface area contributed by atoms with E-state index in [1.165, 1.54) is 14.8 Å². The van der Waals surface area contributed by atoms with Crippen molar-refractivity contribution < 1.29 is 0 Å². The molecule has 4 rings (SSSR count). The average Bonchev–Trinajstić information content (AvgIpc) is 2.89. The molecular formula is C15H11IN4. The van der Waals surface area contributed by atoms with Crippen molar-refractivity contribution in [2.24, 2.45) is 0 Å². The monoisotopic (exact) mass is 374 g/mol. The lowest BCUT2D eigenvalue weighted by molar-refractivity contribution is 0.974. The topological polar surface area (TPSA) is 41.9 Å². The van der Waals surface area contributed by atoms with Crippen molar-refractivity contribution in [3.8, 4) is 0 Å². The first-order valence-corrected chi connectivity index (χ1v) is 7.51. The van der Waals surface area contributed by atoms with Gasteiger partial charge in [-0.1, -0.05) is 6.07 Å². The molecule has 0 unspecified atom stereocenters. The lowest BCUT2D eigenvalue weighted by atomic mass is 10.2. The fourth-order valence-electron chi connectivity index (χ4n) is 2.68. The molecule has 1 aromatic carbocycles. The normalized spacial score (nSPS) is 13.8. The van der Waals surface area contributed by atoms with E-state index in [0.717, 1.165) is 29.7 Å². The first-order valence-electron chi connectivity index (χ1n) is 6.43. The number of rotatable bonds is 1. The Morgan fingerprint density at radius 2 is 2.10 bits per heavy atom. The van der Waals surface area contributed by atoms with Gasteiger partial charge < -0.3 is 4.90 Å². The number of hydrogen-bond acceptors (Lipinski definition) is 4. The minimum atomic E-state index is 0.886. The van der Waals surface area contributed by atoms with E-state index in [0.29, 0.717) is 0 Å². The summed E-state index contributed by atoms with van der Waals surface area (Å²) in [7, 11) is 0. The number of anilines is 2. The van der Waals surface area contributed by atoms with E-state index in [9.17, 15) is 0 Å². The molecule has 0 saturated carbocycles. The summed E-state index contributed by atoms with van der Waals surface area (Å²) in [6.45, 7) is 0.962. The Kier molecular flexibility index (Phi) is 2.80. The van der Waals surface area contributed by atoms with Gasteiger partial charge in [0.05, 0.1) is 11.7 Å². The Hall–Kier alpha value is -1.76. The van der Waals surface area contributed by atoms with Gasteiger partial charge in [-0.05, 0) is 52.8 Å². The molecule has 20 heavy (non-hydrogen) atoms. The molecule has 0 atom stereocenters. The molecule has 4 nitrogen and oxygen atoms in total. The van der Waals surface area contributed by atoms with Gasteiger partial charge in [0.1, 0.15) is 12.1 Å². The predicted octanol–water partition coefficient (Wildman–Crippen LogP) is 3.32. The van der Waals surface area contributed by atoms with E-state index in [1.807, 2.05) is 6.07 Å². The summed E-state index contributed by atoms with van der Waals surface area (Å²) in [5.41, 5.74) is 3.52. The molecule has 1 aliphatic rings. The number of hydrogen-bond donors (Lipinski definition) is 0. The zero-order valence-corrected chi connectivity index (χ0v) is 12.8. The van der Waals surface area contributed by atoms with Gasteiger partial charge in [0, 0.05) is 27.4 Å². The maximum absolute atomic E-state index is 4.50. The Labute approximate surface area is 130 Å². The van der Waals surface area contributed by atoms with Crippen LogP contribution in [0.5, 0.6) is 0 Å². The second-order valence-corrected chi connectivity index (χ2v) is 6.01. The second kappa shape index (κ2) is 4.66. The molecule has 0 saturated heterocycles. The van der Waals surface area contributed by atoms with E-state index in [2.05, 4.69) is 60.6 Å². The van der Waals surface area contributed by atoms with Crippen LogP contribution in [0.4, 0.5) is 11.5 Å². The average molecular weight is 374 g/mol. The maximum atomic E-state index is 4.50. The minimum absolute atomic E-state index is 0.886. The van der Waals surface area contributed by atoms with Gasteiger partial charge in [0.2, 0.25) is 0 Å². The molecule has 0 N–H and O–H groups in total. The number of halogens is 1. The zero-order chi connectivity index (χ0) is 13.5. The Balaban J connectivity index is 1.92. The van der Waals surface area contributed by atoms with Crippen molar-refractivity contribution in [3.05, 3.63) is 52.1 Å². The second-order valence-electron chi connectivity index (χ2n) is 4.76. The van der Waals surface area contributed by atoms with E-state index in [-0.39, 0.29) is 0 Å². The molecular weight excluding hydrogens is 363 g/mol. The molecule has 0 amide bonds. The maximum Gasteiger partial charge on any atom is 0.144 e. The summed E-state index contributed by atoms with van der Waals surface area (Å²) >= 11 is 2.35. The first kappa shape index (κ1) is 12.0. The van der Waals surface area contributed by atoms with Gasteiger partial charge in [-0.3, -0.25) is 4.98 Å². The summed E-state index contributed by atoms with van der Waals surface area (Å²) in [4.78, 5) is 15.2. The molecule has 0 aliphatic carbocycles. The fraction of sp³-hybridized carbons (Fsp3) is 0.133. The van der Waals surface area contributed by atoms with Crippen LogP contribution in [-0.4, -0.2) is 21.5 Å². The number of pyridine rings is 1. The van der Waals surface area contributed by atoms with Gasteiger partial charge in [-0.15, -0.1) is 0 Å². The van der Waals surface area contributed by atoms with Crippen LogP contribution < -0.4 is 4.90 Å². The molecule has 5 heteroatoms. The largest absolute Gasteiger partial charge is 0.325 e. The molecule has 0 radical (unpaired) electrons. The Morgan fingerprint density at radius 3 is 3.05 bits per heavy atom. The summed E-state index contributed by atoms with van der Waals surface area (Å²) in [6.07, 6.45) is 6.25. The number of benzene rings is 1. The van der Waals surface area contributed by atoms with Gasteiger partial charge in [0.15, 0.2) is 0 Å². The summed E-state index contributed by atoms with van der Waals surface area (Å²) < 4.78 is 1.24. The minimum Gasteiger partial charge on any atom is -0.325 e. The highest BCUT2D eigenvalue weighted by atomic mass is 127. The van der Waals surface area contributed by atoms with Crippen LogP contribution >= 0.6 is 22.6 Å². The smallest absolute Gasteiger partial charge is 0.144 e. The SMILES string of the molecule is Ic1ccc2c(c1)N(c1ncnc3cnccc13)CC2. The van der Waals surface area contributed by atoms with Crippen molar-refractivity contribution in [1.29, 1.82) is 0 Å². The quantitative estimate of drug-likeness (QED) is 0.613. The Bertz CT molecular complexity index is 797. The van der Waals surface area contributed by atoms with Gasteiger partial charge in [-0.25, -0.2) is 9.97 Å². The van der Waals surface area contributed by atoms with Crippen LogP contribution in [0, 0.1) is 3.57 Å². The van der Waals surface area contributed by atoms with Gasteiger partial charge >= 0.3 is 0 Å². The van der Waals surface area contributed by atoms with Crippen molar-refractivity contribution in [2.75, 3.05) is 11.4 Å². The molecule has 0 bridgehead atoms. The first-order chi connectivity index (χ1) is 9.83. The lowest BCUT2D eigenvalue weighted by Gasteiger charge is -2.19. The highest BCUT2D eigenvalue weighted by Crippen LogP contribution is 2.36. The van der Waals surface area contributed by atoms with Crippen LogP contribution in [0.25, 0.3) is 10.9 Å². The number of aromatic nitrogens is 3. The van der Waals surface area contributed by atoms with Crippen LogP contribution in [0.1, 0.15) is 5.56 Å². The summed E-state index contributed by atoms with van der Waals surface area (Å²) in [5.74, 6) is 0.971. The molecule has 3 heterocycles. The lowest BCUT2D eigenvalue weighted by Crippen LogP contribution is -2.15. The summed E-state index contributed by atoms with van der Waals surface area (Å²) in [5, 5.41) is 1.05. The molecule has 0 spiro atoms. The highest BCUT2D eigenvalue weighted by molar-refractivity contribution is 14.1. The third-order valence-electron chi connectivity index (χ3n) is 3.62. The van der Waals surface area contributed by atoms with Gasteiger partial charge in [0.25, 0.3) is 0 Å². The predicted molar refractivity (Wildman–Crippen MR) is 87.2 cm³/mol. The van der Waals surface area contributed by atoms with Gasteiger partial charge in [-0.2, -0.15) is 0 Å². The summed E-state index contributed by atoms with van der Waals surface area (Å²) in [6, 6.07) is 8.57. The highest BCUT2D eigenvalue weighted by Gasteiger charge is 2.23. The molecule has 98 valence electrons. The van der Waals surface area contributed by atoms with Crippen molar-refractivity contribution in [1.82, 2.24) is 15.0 Å².